The zero-order chi connectivity index (χ0) is 16.9. The monoisotopic (exact) mass is 331 g/mol. The van der Waals surface area contributed by atoms with Crippen LogP contribution in [0.3, 0.4) is 0 Å². The maximum atomic E-state index is 12.0. The Morgan fingerprint density at radius 1 is 1.21 bits per heavy atom. The molecule has 2 amide bonds. The number of rotatable bonds is 6. The van der Waals surface area contributed by atoms with Crippen LogP contribution in [-0.4, -0.2) is 38.4 Å². The van der Waals surface area contributed by atoms with Gasteiger partial charge in [0.15, 0.2) is 11.5 Å². The van der Waals surface area contributed by atoms with Gasteiger partial charge in [0.05, 0.1) is 12.3 Å². The molecule has 2 N–H and O–H groups in total. The molecule has 0 bridgehead atoms. The van der Waals surface area contributed by atoms with Crippen LogP contribution < -0.4 is 20.1 Å². The topological polar surface area (TPSA) is 76.0 Å². The molecule has 1 aromatic heterocycles. The van der Waals surface area contributed by atoms with E-state index in [9.17, 15) is 4.79 Å². The lowest BCUT2D eigenvalue weighted by Gasteiger charge is -2.22. The average Bonchev–Trinajstić information content (AvgIpc) is 3.23. The summed E-state index contributed by atoms with van der Waals surface area (Å²) in [5.74, 6) is 2.26. The van der Waals surface area contributed by atoms with Gasteiger partial charge in [0.2, 0.25) is 6.79 Å². The molecule has 7 heteroatoms. The molecule has 0 radical (unpaired) electrons. The summed E-state index contributed by atoms with van der Waals surface area (Å²) in [5.41, 5.74) is 0.949. The van der Waals surface area contributed by atoms with Crippen LogP contribution in [0.4, 0.5) is 4.79 Å². The molecule has 1 aliphatic rings. The van der Waals surface area contributed by atoms with E-state index in [2.05, 4.69) is 10.6 Å². The number of likely N-dealkylation sites (N-methyl/N-ethyl adjacent to an activating group) is 1. The van der Waals surface area contributed by atoms with Crippen molar-refractivity contribution in [2.75, 3.05) is 27.4 Å². The highest BCUT2D eigenvalue weighted by Crippen LogP contribution is 2.32. The van der Waals surface area contributed by atoms with Crippen molar-refractivity contribution >= 4 is 6.03 Å². The number of carbonyl (C=O) groups excluding carboxylic acids is 1. The summed E-state index contributed by atoms with van der Waals surface area (Å²) in [6, 6.07) is 9.11. The number of ether oxygens (including phenoxy) is 2. The Bertz CT molecular complexity index is 685. The normalized spacial score (nSPS) is 13.8. The molecule has 3 rings (SSSR count). The fourth-order valence-corrected chi connectivity index (χ4v) is 2.50. The minimum atomic E-state index is -0.230. The quantitative estimate of drug-likeness (QED) is 0.848. The van der Waals surface area contributed by atoms with Gasteiger partial charge in [0.1, 0.15) is 5.76 Å². The molecule has 0 aliphatic carbocycles. The van der Waals surface area contributed by atoms with Gasteiger partial charge in [-0.2, -0.15) is 0 Å². The number of hydrogen-bond acceptors (Lipinski definition) is 5. The SMILES string of the molecule is CN(C)C(CNC(=O)NCc1ccc2c(c1)OCO2)c1ccco1. The van der Waals surface area contributed by atoms with Crippen molar-refractivity contribution in [2.24, 2.45) is 0 Å². The van der Waals surface area contributed by atoms with Gasteiger partial charge in [-0.1, -0.05) is 6.07 Å². The highest BCUT2D eigenvalue weighted by molar-refractivity contribution is 5.73. The summed E-state index contributed by atoms with van der Waals surface area (Å²) in [6.45, 7) is 1.11. The van der Waals surface area contributed by atoms with Crippen LogP contribution in [-0.2, 0) is 6.54 Å². The first-order valence-corrected chi connectivity index (χ1v) is 7.73. The molecule has 24 heavy (non-hydrogen) atoms. The van der Waals surface area contributed by atoms with Crippen LogP contribution in [0, 0.1) is 0 Å². The van der Waals surface area contributed by atoms with Crippen molar-refractivity contribution in [1.82, 2.24) is 15.5 Å². The van der Waals surface area contributed by atoms with Gasteiger partial charge in [-0.3, -0.25) is 4.90 Å². The van der Waals surface area contributed by atoms with Crippen molar-refractivity contribution in [3.8, 4) is 11.5 Å². The first-order chi connectivity index (χ1) is 11.6. The second kappa shape index (κ2) is 7.27. The second-order valence-corrected chi connectivity index (χ2v) is 5.75. The number of urea groups is 1. The van der Waals surface area contributed by atoms with Gasteiger partial charge in [-0.15, -0.1) is 0 Å². The number of fused-ring (bicyclic) bond motifs is 1. The maximum absolute atomic E-state index is 12.0. The highest BCUT2D eigenvalue weighted by atomic mass is 16.7. The molecule has 128 valence electrons. The predicted molar refractivity (Wildman–Crippen MR) is 87.9 cm³/mol. The molecule has 0 saturated carbocycles. The van der Waals surface area contributed by atoms with Crippen LogP contribution in [0.5, 0.6) is 11.5 Å². The Balaban J connectivity index is 1.49. The van der Waals surface area contributed by atoms with E-state index in [1.54, 1.807) is 6.26 Å². The zero-order valence-electron chi connectivity index (χ0n) is 13.7. The Kier molecular flexibility index (Phi) is 4.90. The third-order valence-electron chi connectivity index (χ3n) is 3.84. The molecule has 1 unspecified atom stereocenters. The van der Waals surface area contributed by atoms with E-state index < -0.39 is 0 Å². The molecule has 0 saturated heterocycles. The van der Waals surface area contributed by atoms with Crippen molar-refractivity contribution in [1.29, 1.82) is 0 Å². The van der Waals surface area contributed by atoms with E-state index in [1.807, 2.05) is 49.3 Å². The Labute approximate surface area is 140 Å². The molecule has 2 heterocycles. The first-order valence-electron chi connectivity index (χ1n) is 7.73. The standard InChI is InChI=1S/C17H21N3O4/c1-20(2)13(14-4-3-7-22-14)10-19-17(21)18-9-12-5-6-15-16(8-12)24-11-23-15/h3-8,13H,9-11H2,1-2H3,(H2,18,19,21). The van der Waals surface area contributed by atoms with Crippen LogP contribution in [0.2, 0.25) is 0 Å². The summed E-state index contributed by atoms with van der Waals surface area (Å²) in [5, 5.41) is 5.70. The molecule has 1 aromatic carbocycles. The van der Waals surface area contributed by atoms with Crippen molar-refractivity contribution in [3.05, 3.63) is 47.9 Å². The average molecular weight is 331 g/mol. The minimum absolute atomic E-state index is 0.0173. The number of nitrogens with one attached hydrogen (secondary N) is 2. The zero-order valence-corrected chi connectivity index (χ0v) is 13.7. The van der Waals surface area contributed by atoms with Crippen LogP contribution in [0.1, 0.15) is 17.4 Å². The Hall–Kier alpha value is -2.67. The van der Waals surface area contributed by atoms with Crippen molar-refractivity contribution in [3.63, 3.8) is 0 Å². The van der Waals surface area contributed by atoms with E-state index in [1.165, 1.54) is 0 Å². The third-order valence-corrected chi connectivity index (χ3v) is 3.84. The summed E-state index contributed by atoms with van der Waals surface area (Å²) in [7, 11) is 3.89. The number of nitrogens with zero attached hydrogens (tertiary/aromatic N) is 1. The van der Waals surface area contributed by atoms with Crippen LogP contribution in [0.15, 0.2) is 41.0 Å². The van der Waals surface area contributed by atoms with Crippen molar-refractivity contribution < 1.29 is 18.7 Å². The van der Waals surface area contributed by atoms with Crippen LogP contribution in [0.25, 0.3) is 0 Å². The molecule has 1 atom stereocenters. The van der Waals surface area contributed by atoms with Crippen molar-refractivity contribution in [2.45, 2.75) is 12.6 Å². The molecule has 1 aliphatic heterocycles. The summed E-state index contributed by atoms with van der Waals surface area (Å²) < 4.78 is 16.0. The fraction of sp³-hybridized carbons (Fsp3) is 0.353. The van der Waals surface area contributed by atoms with E-state index in [0.29, 0.717) is 18.8 Å². The molecule has 7 nitrogen and oxygen atoms in total. The lowest BCUT2D eigenvalue weighted by molar-refractivity contribution is 0.174. The molecule has 0 spiro atoms. The maximum Gasteiger partial charge on any atom is 0.315 e. The number of furan rings is 1. The molecule has 0 fully saturated rings. The van der Waals surface area contributed by atoms with Crippen LogP contribution >= 0.6 is 0 Å². The van der Waals surface area contributed by atoms with Gasteiger partial charge in [-0.25, -0.2) is 4.79 Å². The fourth-order valence-electron chi connectivity index (χ4n) is 2.50. The number of carbonyl (C=O) groups is 1. The predicted octanol–water partition coefficient (Wildman–Crippen LogP) is 2.11. The number of amides is 2. The number of benzene rings is 1. The lowest BCUT2D eigenvalue weighted by atomic mass is 10.2. The second-order valence-electron chi connectivity index (χ2n) is 5.75. The Morgan fingerprint density at radius 2 is 2.04 bits per heavy atom. The Morgan fingerprint density at radius 3 is 2.79 bits per heavy atom. The van der Waals surface area contributed by atoms with Gasteiger partial charge < -0.3 is 24.5 Å². The van der Waals surface area contributed by atoms with Gasteiger partial charge in [-0.05, 0) is 43.9 Å². The van der Waals surface area contributed by atoms with E-state index >= 15 is 0 Å². The largest absolute Gasteiger partial charge is 0.468 e. The lowest BCUT2D eigenvalue weighted by Crippen LogP contribution is -2.40. The smallest absolute Gasteiger partial charge is 0.315 e. The van der Waals surface area contributed by atoms with Gasteiger partial charge >= 0.3 is 6.03 Å². The summed E-state index contributed by atoms with van der Waals surface area (Å²) in [6.07, 6.45) is 1.63. The third kappa shape index (κ3) is 3.80. The summed E-state index contributed by atoms with van der Waals surface area (Å²) in [4.78, 5) is 14.0. The van der Waals surface area contributed by atoms with Gasteiger partial charge in [0, 0.05) is 13.1 Å². The minimum Gasteiger partial charge on any atom is -0.468 e. The molecular formula is C17H21N3O4. The van der Waals surface area contributed by atoms with E-state index in [4.69, 9.17) is 13.9 Å². The van der Waals surface area contributed by atoms with E-state index in [0.717, 1.165) is 17.1 Å². The van der Waals surface area contributed by atoms with E-state index in [-0.39, 0.29) is 18.9 Å². The van der Waals surface area contributed by atoms with Gasteiger partial charge in [0.25, 0.3) is 0 Å². The molecular weight excluding hydrogens is 310 g/mol. The molecule has 2 aromatic rings. The first kappa shape index (κ1) is 16.2. The number of hydrogen-bond donors (Lipinski definition) is 2. The summed E-state index contributed by atoms with van der Waals surface area (Å²) >= 11 is 0. The highest BCUT2D eigenvalue weighted by Gasteiger charge is 2.18.